The van der Waals surface area contributed by atoms with Crippen molar-refractivity contribution in [1.82, 2.24) is 14.9 Å². The van der Waals surface area contributed by atoms with Crippen molar-refractivity contribution < 1.29 is 9.90 Å². The lowest BCUT2D eigenvalue weighted by atomic mass is 9.68. The van der Waals surface area contributed by atoms with Crippen molar-refractivity contribution in [3.63, 3.8) is 0 Å². The van der Waals surface area contributed by atoms with E-state index in [1.54, 1.807) is 12.4 Å². The molecule has 6 heteroatoms. The van der Waals surface area contributed by atoms with Crippen LogP contribution in [0.4, 0.5) is 5.95 Å². The molecular weight excluding hydrogens is 328 g/mol. The van der Waals surface area contributed by atoms with Crippen molar-refractivity contribution in [3.05, 3.63) is 54.4 Å². The molecule has 3 heterocycles. The molecule has 0 aliphatic carbocycles. The number of hydrogen-bond donors (Lipinski definition) is 1. The van der Waals surface area contributed by atoms with E-state index >= 15 is 0 Å². The van der Waals surface area contributed by atoms with E-state index < -0.39 is 0 Å². The number of aliphatic hydroxyl groups is 1. The van der Waals surface area contributed by atoms with E-state index in [0.29, 0.717) is 5.92 Å². The molecule has 0 radical (unpaired) electrons. The van der Waals surface area contributed by atoms with Gasteiger partial charge in [-0.3, -0.25) is 4.79 Å². The number of likely N-dealkylation sites (tertiary alicyclic amines) is 1. The van der Waals surface area contributed by atoms with Gasteiger partial charge in [0.2, 0.25) is 11.9 Å². The minimum Gasteiger partial charge on any atom is -0.396 e. The van der Waals surface area contributed by atoms with E-state index in [-0.39, 0.29) is 24.3 Å². The van der Waals surface area contributed by atoms with Gasteiger partial charge in [0.05, 0.1) is 6.61 Å². The van der Waals surface area contributed by atoms with E-state index in [9.17, 15) is 4.79 Å². The molecule has 2 aromatic rings. The third-order valence-electron chi connectivity index (χ3n) is 5.83. The fourth-order valence-corrected chi connectivity index (χ4v) is 4.51. The maximum absolute atomic E-state index is 12.3. The van der Waals surface area contributed by atoms with Gasteiger partial charge in [0.25, 0.3) is 0 Å². The highest BCUT2D eigenvalue weighted by molar-refractivity contribution is 5.76. The highest BCUT2D eigenvalue weighted by atomic mass is 16.3. The zero-order chi connectivity index (χ0) is 18.0. The Morgan fingerprint density at radius 1 is 1.15 bits per heavy atom. The summed E-state index contributed by atoms with van der Waals surface area (Å²) < 4.78 is 0. The number of carbonyl (C=O) groups excluding carboxylic acids is 1. The first-order valence-corrected chi connectivity index (χ1v) is 9.19. The predicted octanol–water partition coefficient (Wildman–Crippen LogP) is 1.47. The molecule has 2 atom stereocenters. The Labute approximate surface area is 153 Å². The summed E-state index contributed by atoms with van der Waals surface area (Å²) in [6.07, 6.45) is 4.67. The summed E-state index contributed by atoms with van der Waals surface area (Å²) in [5, 5.41) is 9.10. The molecule has 2 saturated heterocycles. The molecule has 136 valence electrons. The first kappa shape index (κ1) is 17.0. The SMILES string of the molecule is O=C(CCO)N1CC[C@@]2(c3ccccc3)CN(c3ncccn3)C[C@H]2C1. The van der Waals surface area contributed by atoms with Gasteiger partial charge in [-0.2, -0.15) is 0 Å². The number of anilines is 1. The molecule has 1 amide bonds. The summed E-state index contributed by atoms with van der Waals surface area (Å²) in [4.78, 5) is 25.3. The van der Waals surface area contributed by atoms with Crippen LogP contribution >= 0.6 is 0 Å². The summed E-state index contributed by atoms with van der Waals surface area (Å²) >= 11 is 0. The number of aromatic nitrogens is 2. The number of rotatable bonds is 4. The lowest BCUT2D eigenvalue weighted by Gasteiger charge is -2.43. The summed E-state index contributed by atoms with van der Waals surface area (Å²) in [6.45, 7) is 3.06. The van der Waals surface area contributed by atoms with Gasteiger partial charge in [-0.1, -0.05) is 30.3 Å². The van der Waals surface area contributed by atoms with Gasteiger partial charge in [0.15, 0.2) is 0 Å². The molecule has 2 fully saturated rings. The van der Waals surface area contributed by atoms with E-state index in [2.05, 4.69) is 39.1 Å². The second-order valence-electron chi connectivity index (χ2n) is 7.21. The Morgan fingerprint density at radius 2 is 1.92 bits per heavy atom. The summed E-state index contributed by atoms with van der Waals surface area (Å²) in [6, 6.07) is 12.5. The molecule has 2 aliphatic rings. The third kappa shape index (κ3) is 2.94. The predicted molar refractivity (Wildman–Crippen MR) is 98.8 cm³/mol. The Morgan fingerprint density at radius 3 is 2.65 bits per heavy atom. The largest absolute Gasteiger partial charge is 0.396 e. The summed E-state index contributed by atoms with van der Waals surface area (Å²) in [5.74, 6) is 1.12. The van der Waals surface area contributed by atoms with Gasteiger partial charge in [-0.15, -0.1) is 0 Å². The Balaban J connectivity index is 1.64. The van der Waals surface area contributed by atoms with E-state index in [0.717, 1.165) is 38.5 Å². The fraction of sp³-hybridized carbons (Fsp3) is 0.450. The molecule has 0 bridgehead atoms. The van der Waals surface area contributed by atoms with Gasteiger partial charge in [0, 0.05) is 56.3 Å². The summed E-state index contributed by atoms with van der Waals surface area (Å²) in [7, 11) is 0. The lowest BCUT2D eigenvalue weighted by Crippen LogP contribution is -2.51. The normalized spacial score (nSPS) is 25.2. The average Bonchev–Trinajstić information content (AvgIpc) is 3.09. The van der Waals surface area contributed by atoms with Gasteiger partial charge in [-0.05, 0) is 18.1 Å². The number of benzene rings is 1. The maximum Gasteiger partial charge on any atom is 0.225 e. The van der Waals surface area contributed by atoms with Gasteiger partial charge in [0.1, 0.15) is 0 Å². The van der Waals surface area contributed by atoms with E-state index in [1.165, 1.54) is 5.56 Å². The second kappa shape index (κ2) is 7.03. The molecular formula is C20H24N4O2. The topological polar surface area (TPSA) is 69.6 Å². The minimum atomic E-state index is -0.0895. The van der Waals surface area contributed by atoms with Crippen molar-refractivity contribution in [2.45, 2.75) is 18.3 Å². The maximum atomic E-state index is 12.3. The van der Waals surface area contributed by atoms with Crippen molar-refractivity contribution in [1.29, 1.82) is 0 Å². The van der Waals surface area contributed by atoms with Crippen molar-refractivity contribution in [2.75, 3.05) is 37.7 Å². The fourth-order valence-electron chi connectivity index (χ4n) is 4.51. The molecule has 6 nitrogen and oxygen atoms in total. The zero-order valence-electron chi connectivity index (χ0n) is 14.8. The molecule has 4 rings (SSSR count). The van der Waals surface area contributed by atoms with Crippen LogP contribution in [0.5, 0.6) is 0 Å². The van der Waals surface area contributed by atoms with Crippen LogP contribution in [-0.4, -0.2) is 58.7 Å². The number of amides is 1. The van der Waals surface area contributed by atoms with Gasteiger partial charge in [-0.25, -0.2) is 9.97 Å². The van der Waals surface area contributed by atoms with Crippen LogP contribution in [0.15, 0.2) is 48.8 Å². The highest BCUT2D eigenvalue weighted by Crippen LogP contribution is 2.45. The third-order valence-corrected chi connectivity index (χ3v) is 5.83. The quantitative estimate of drug-likeness (QED) is 0.902. The average molecular weight is 352 g/mol. The number of nitrogens with zero attached hydrogens (tertiary/aromatic N) is 4. The van der Waals surface area contributed by atoms with Crippen LogP contribution in [-0.2, 0) is 10.2 Å². The monoisotopic (exact) mass is 352 g/mol. The van der Waals surface area contributed by atoms with Crippen LogP contribution in [0.1, 0.15) is 18.4 Å². The first-order valence-electron chi connectivity index (χ1n) is 9.19. The number of hydrogen-bond acceptors (Lipinski definition) is 5. The number of carbonyl (C=O) groups is 1. The molecule has 0 spiro atoms. The van der Waals surface area contributed by atoms with E-state index in [1.807, 2.05) is 17.0 Å². The van der Waals surface area contributed by atoms with Crippen LogP contribution in [0, 0.1) is 5.92 Å². The minimum absolute atomic E-state index is 0.0104. The highest BCUT2D eigenvalue weighted by Gasteiger charge is 2.51. The number of fused-ring (bicyclic) bond motifs is 1. The Bertz CT molecular complexity index is 755. The molecule has 0 unspecified atom stereocenters. The molecule has 2 aliphatic heterocycles. The van der Waals surface area contributed by atoms with Crippen LogP contribution in [0.25, 0.3) is 0 Å². The van der Waals surface area contributed by atoms with Crippen molar-refractivity contribution in [3.8, 4) is 0 Å². The molecule has 1 aromatic carbocycles. The number of aliphatic hydroxyl groups excluding tert-OH is 1. The smallest absolute Gasteiger partial charge is 0.225 e. The van der Waals surface area contributed by atoms with Gasteiger partial charge >= 0.3 is 0 Å². The zero-order valence-corrected chi connectivity index (χ0v) is 14.8. The lowest BCUT2D eigenvalue weighted by molar-refractivity contribution is -0.134. The van der Waals surface area contributed by atoms with Crippen molar-refractivity contribution >= 4 is 11.9 Å². The standard InChI is InChI=1S/C20H24N4O2/c25-12-7-18(26)23-11-8-20(16-5-2-1-3-6-16)15-24(14-17(20)13-23)19-21-9-4-10-22-19/h1-6,9-10,17,25H,7-8,11-15H2/t17-,20+/m1/s1. The summed E-state index contributed by atoms with van der Waals surface area (Å²) in [5.41, 5.74) is 1.34. The van der Waals surface area contributed by atoms with Crippen molar-refractivity contribution in [2.24, 2.45) is 5.92 Å². The van der Waals surface area contributed by atoms with Crippen LogP contribution in [0.3, 0.4) is 0 Å². The molecule has 1 N–H and O–H groups in total. The Hall–Kier alpha value is -2.47. The molecule has 0 saturated carbocycles. The van der Waals surface area contributed by atoms with Crippen LogP contribution < -0.4 is 4.90 Å². The Kier molecular flexibility index (Phi) is 4.59. The molecule has 26 heavy (non-hydrogen) atoms. The van der Waals surface area contributed by atoms with Crippen LogP contribution in [0.2, 0.25) is 0 Å². The van der Waals surface area contributed by atoms with Gasteiger partial charge < -0.3 is 14.9 Å². The van der Waals surface area contributed by atoms with E-state index in [4.69, 9.17) is 5.11 Å². The molecule has 1 aromatic heterocycles. The number of piperidine rings is 1. The first-order chi connectivity index (χ1) is 12.7. The second-order valence-corrected chi connectivity index (χ2v) is 7.21.